The van der Waals surface area contributed by atoms with Gasteiger partial charge in [-0.2, -0.15) is 5.26 Å². The maximum atomic E-state index is 8.78. The van der Waals surface area contributed by atoms with Crippen molar-refractivity contribution in [1.82, 2.24) is 4.98 Å². The van der Waals surface area contributed by atoms with Crippen molar-refractivity contribution in [2.24, 2.45) is 5.41 Å². The molecule has 0 N–H and O–H groups in total. The average Bonchev–Trinajstić information content (AvgIpc) is 2.80. The number of rotatable bonds is 2. The summed E-state index contributed by atoms with van der Waals surface area (Å²) >= 11 is 1.75. The minimum atomic E-state index is 0.430. The van der Waals surface area contributed by atoms with Gasteiger partial charge in [-0.25, -0.2) is 4.98 Å². The Morgan fingerprint density at radius 3 is 2.56 bits per heavy atom. The Hall–Kier alpha value is -1.66. The highest BCUT2D eigenvalue weighted by Crippen LogP contribution is 2.59. The van der Waals surface area contributed by atoms with Crippen LogP contribution in [0.25, 0.3) is 11.3 Å². The molecule has 0 spiro atoms. The molecule has 0 bridgehead atoms. The van der Waals surface area contributed by atoms with Crippen LogP contribution < -0.4 is 0 Å². The number of aromatic nitrogens is 1. The fourth-order valence-corrected chi connectivity index (χ4v) is 3.32. The van der Waals surface area contributed by atoms with Crippen molar-refractivity contribution in [2.75, 3.05) is 0 Å². The van der Waals surface area contributed by atoms with Crippen LogP contribution in [-0.2, 0) is 0 Å². The molecule has 1 saturated carbocycles. The summed E-state index contributed by atoms with van der Waals surface area (Å²) in [5.41, 5.74) is 3.24. The fourth-order valence-electron chi connectivity index (χ4n) is 2.18. The molecular weight excluding hydrogens is 240 g/mol. The third-order valence-electron chi connectivity index (χ3n) is 3.64. The minimum Gasteiger partial charge on any atom is -0.241 e. The second-order valence-electron chi connectivity index (χ2n) is 5.51. The van der Waals surface area contributed by atoms with Gasteiger partial charge < -0.3 is 0 Å². The van der Waals surface area contributed by atoms with E-state index in [2.05, 4.69) is 25.3 Å². The van der Waals surface area contributed by atoms with Gasteiger partial charge in [0.25, 0.3) is 0 Å². The summed E-state index contributed by atoms with van der Waals surface area (Å²) < 4.78 is 0. The first-order valence-electron chi connectivity index (χ1n) is 6.06. The molecule has 3 rings (SSSR count). The third-order valence-corrected chi connectivity index (χ3v) is 4.60. The number of thiazole rings is 1. The SMILES string of the molecule is CC1(C)CC1c1nc(-c2ccc(C#N)cc2)cs1. The molecule has 0 saturated heterocycles. The molecule has 2 nitrogen and oxygen atoms in total. The molecule has 1 aliphatic carbocycles. The summed E-state index contributed by atoms with van der Waals surface area (Å²) in [6.45, 7) is 4.58. The largest absolute Gasteiger partial charge is 0.241 e. The molecule has 1 aromatic heterocycles. The van der Waals surface area contributed by atoms with Crippen LogP contribution in [0.4, 0.5) is 0 Å². The van der Waals surface area contributed by atoms with Crippen LogP contribution in [0.3, 0.4) is 0 Å². The van der Waals surface area contributed by atoms with Gasteiger partial charge in [0.15, 0.2) is 0 Å². The van der Waals surface area contributed by atoms with Gasteiger partial charge in [-0.1, -0.05) is 26.0 Å². The lowest BCUT2D eigenvalue weighted by Crippen LogP contribution is -1.89. The Kier molecular flexibility index (Phi) is 2.49. The Morgan fingerprint density at radius 2 is 2.00 bits per heavy atom. The summed E-state index contributed by atoms with van der Waals surface area (Å²) in [5, 5.41) is 12.1. The van der Waals surface area contributed by atoms with Crippen LogP contribution in [0.2, 0.25) is 0 Å². The monoisotopic (exact) mass is 254 g/mol. The molecule has 1 fully saturated rings. The highest BCUT2D eigenvalue weighted by molar-refractivity contribution is 7.10. The fraction of sp³-hybridized carbons (Fsp3) is 0.333. The van der Waals surface area contributed by atoms with E-state index in [1.165, 1.54) is 11.4 Å². The molecule has 0 amide bonds. The van der Waals surface area contributed by atoms with E-state index in [1.807, 2.05) is 24.3 Å². The second-order valence-corrected chi connectivity index (χ2v) is 6.40. The van der Waals surface area contributed by atoms with E-state index in [-0.39, 0.29) is 0 Å². The Balaban J connectivity index is 1.87. The van der Waals surface area contributed by atoms with Gasteiger partial charge in [0, 0.05) is 16.9 Å². The summed E-state index contributed by atoms with van der Waals surface area (Å²) in [4.78, 5) is 4.73. The normalized spacial score (nSPS) is 20.4. The predicted octanol–water partition coefficient (Wildman–Crippen LogP) is 4.20. The lowest BCUT2D eigenvalue weighted by atomic mass is 10.1. The van der Waals surface area contributed by atoms with Crippen LogP contribution in [0.15, 0.2) is 29.6 Å². The van der Waals surface area contributed by atoms with Crippen molar-refractivity contribution in [2.45, 2.75) is 26.2 Å². The number of nitrogens with zero attached hydrogens (tertiary/aromatic N) is 2. The Morgan fingerprint density at radius 1 is 1.33 bits per heavy atom. The van der Waals surface area contributed by atoms with E-state index in [4.69, 9.17) is 10.2 Å². The molecule has 1 aromatic carbocycles. The van der Waals surface area contributed by atoms with Crippen molar-refractivity contribution in [3.05, 3.63) is 40.2 Å². The first kappa shape index (κ1) is 11.4. The summed E-state index contributed by atoms with van der Waals surface area (Å²) in [7, 11) is 0. The molecule has 18 heavy (non-hydrogen) atoms. The van der Waals surface area contributed by atoms with Gasteiger partial charge in [0.05, 0.1) is 22.3 Å². The summed E-state index contributed by atoms with van der Waals surface area (Å²) in [6.07, 6.45) is 1.24. The lowest BCUT2D eigenvalue weighted by molar-refractivity contribution is 0.620. The van der Waals surface area contributed by atoms with Crippen molar-refractivity contribution in [3.63, 3.8) is 0 Å². The highest BCUT2D eigenvalue weighted by atomic mass is 32.1. The molecule has 3 heteroatoms. The van der Waals surface area contributed by atoms with Crippen molar-refractivity contribution < 1.29 is 0 Å². The van der Waals surface area contributed by atoms with Crippen LogP contribution >= 0.6 is 11.3 Å². The summed E-state index contributed by atoms with van der Waals surface area (Å²) in [5.74, 6) is 0.634. The number of hydrogen-bond acceptors (Lipinski definition) is 3. The van der Waals surface area contributed by atoms with Gasteiger partial charge in [-0.15, -0.1) is 11.3 Å². The highest BCUT2D eigenvalue weighted by Gasteiger charge is 2.48. The number of nitriles is 1. The maximum Gasteiger partial charge on any atom is 0.0991 e. The smallest absolute Gasteiger partial charge is 0.0991 e. The van der Waals surface area contributed by atoms with Crippen molar-refractivity contribution in [3.8, 4) is 17.3 Å². The van der Waals surface area contributed by atoms with E-state index >= 15 is 0 Å². The molecule has 0 radical (unpaired) electrons. The van der Waals surface area contributed by atoms with Gasteiger partial charge in [-0.3, -0.25) is 0 Å². The molecule has 90 valence electrons. The second kappa shape index (κ2) is 3.93. The zero-order chi connectivity index (χ0) is 12.8. The molecule has 0 aliphatic heterocycles. The van der Waals surface area contributed by atoms with Gasteiger partial charge in [0.1, 0.15) is 0 Å². The van der Waals surface area contributed by atoms with Gasteiger partial charge >= 0.3 is 0 Å². The first-order valence-corrected chi connectivity index (χ1v) is 6.94. The lowest BCUT2D eigenvalue weighted by Gasteiger charge is -1.99. The maximum absolute atomic E-state index is 8.78. The first-order chi connectivity index (χ1) is 8.60. The molecule has 1 heterocycles. The zero-order valence-electron chi connectivity index (χ0n) is 10.5. The Bertz CT molecular complexity index is 617. The predicted molar refractivity (Wildman–Crippen MR) is 73.4 cm³/mol. The molecule has 1 unspecified atom stereocenters. The standard InChI is InChI=1S/C15H14N2S/c1-15(2)7-12(15)14-17-13(9-18-14)11-5-3-10(8-16)4-6-11/h3-6,9,12H,7H2,1-2H3. The average molecular weight is 254 g/mol. The van der Waals surface area contributed by atoms with Crippen LogP contribution in [-0.4, -0.2) is 4.98 Å². The van der Waals surface area contributed by atoms with E-state index in [9.17, 15) is 0 Å². The number of hydrogen-bond donors (Lipinski definition) is 0. The Labute approximate surface area is 111 Å². The van der Waals surface area contributed by atoms with E-state index < -0.39 is 0 Å². The third kappa shape index (κ3) is 1.93. The molecule has 2 aromatic rings. The van der Waals surface area contributed by atoms with Crippen LogP contribution in [0, 0.1) is 16.7 Å². The molecule has 1 aliphatic rings. The van der Waals surface area contributed by atoms with E-state index in [0.717, 1.165) is 11.3 Å². The zero-order valence-corrected chi connectivity index (χ0v) is 11.3. The van der Waals surface area contributed by atoms with Crippen LogP contribution in [0.5, 0.6) is 0 Å². The minimum absolute atomic E-state index is 0.430. The quantitative estimate of drug-likeness (QED) is 0.805. The van der Waals surface area contributed by atoms with Crippen molar-refractivity contribution >= 4 is 11.3 Å². The van der Waals surface area contributed by atoms with Gasteiger partial charge in [-0.05, 0) is 24.0 Å². The van der Waals surface area contributed by atoms with Gasteiger partial charge in [0.2, 0.25) is 0 Å². The van der Waals surface area contributed by atoms with E-state index in [0.29, 0.717) is 16.9 Å². The summed E-state index contributed by atoms with van der Waals surface area (Å²) in [6, 6.07) is 9.75. The topological polar surface area (TPSA) is 36.7 Å². The van der Waals surface area contributed by atoms with Crippen LogP contribution in [0.1, 0.15) is 36.8 Å². The van der Waals surface area contributed by atoms with Crippen molar-refractivity contribution in [1.29, 1.82) is 5.26 Å². The molecular formula is C15H14N2S. The van der Waals surface area contributed by atoms with E-state index in [1.54, 1.807) is 11.3 Å². The molecule has 1 atom stereocenters. The number of benzene rings is 1.